The molecule has 0 saturated carbocycles. The number of rotatable bonds is 12. The maximum absolute atomic E-state index is 12.9. The van der Waals surface area contributed by atoms with E-state index in [2.05, 4.69) is 52.0 Å². The van der Waals surface area contributed by atoms with Crippen molar-refractivity contribution in [1.82, 2.24) is 4.31 Å². The van der Waals surface area contributed by atoms with Gasteiger partial charge < -0.3 is 4.43 Å². The lowest BCUT2D eigenvalue weighted by atomic mass is 10.2. The average Bonchev–Trinajstić information content (AvgIpc) is 2.68. The molecule has 0 aliphatic rings. The van der Waals surface area contributed by atoms with Gasteiger partial charge in [0.1, 0.15) is 0 Å². The van der Waals surface area contributed by atoms with Crippen LogP contribution in [0.1, 0.15) is 40.2 Å². The molecular formula is C25H37NO3SSi. The summed E-state index contributed by atoms with van der Waals surface area (Å²) in [5.41, 5.74) is 5.03. The lowest BCUT2D eigenvalue weighted by molar-refractivity contribution is 0.335. The van der Waals surface area contributed by atoms with Crippen LogP contribution in [0.15, 0.2) is 65.2 Å². The Morgan fingerprint density at radius 1 is 1.19 bits per heavy atom. The molecule has 0 aromatic heterocycles. The van der Waals surface area contributed by atoms with E-state index >= 15 is 0 Å². The van der Waals surface area contributed by atoms with Crippen LogP contribution in [0, 0.1) is 19.3 Å². The van der Waals surface area contributed by atoms with Gasteiger partial charge in [-0.05, 0) is 37.1 Å². The molecule has 0 unspecified atom stereocenters. The Kier molecular flexibility index (Phi) is 10.7. The van der Waals surface area contributed by atoms with Crippen molar-refractivity contribution in [3.05, 3.63) is 65.9 Å². The first-order valence-corrected chi connectivity index (χ1v) is 14.2. The molecular weight excluding hydrogens is 422 g/mol. The number of allylic oxidation sites excluding steroid dienone is 2. The van der Waals surface area contributed by atoms with Crippen molar-refractivity contribution in [1.29, 1.82) is 0 Å². The summed E-state index contributed by atoms with van der Waals surface area (Å²) >= 11 is 0. The fourth-order valence-electron chi connectivity index (χ4n) is 3.37. The lowest BCUT2D eigenvalue weighted by Gasteiger charge is -2.35. The molecule has 0 radical (unpaired) electrons. The Hall–Kier alpha value is -1.91. The number of hydrogen-bond donors (Lipinski definition) is 0. The highest BCUT2D eigenvalue weighted by Crippen LogP contribution is 2.35. The van der Waals surface area contributed by atoms with Crippen LogP contribution in [0.25, 0.3) is 0 Å². The number of aryl methyl sites for hydroxylation is 1. The van der Waals surface area contributed by atoms with Crippen LogP contribution in [0.4, 0.5) is 0 Å². The summed E-state index contributed by atoms with van der Waals surface area (Å²) in [6.07, 6.45) is 11.2. The molecule has 1 rings (SSSR count). The molecule has 0 aliphatic carbocycles. The molecule has 1 aromatic rings. The van der Waals surface area contributed by atoms with E-state index < -0.39 is 18.3 Å². The highest BCUT2D eigenvalue weighted by Gasteiger charge is 2.39. The van der Waals surface area contributed by atoms with Gasteiger partial charge in [-0.15, -0.1) is 6.42 Å². The van der Waals surface area contributed by atoms with Gasteiger partial charge in [-0.2, -0.15) is 4.31 Å². The van der Waals surface area contributed by atoms with E-state index in [4.69, 9.17) is 10.8 Å². The molecule has 0 bridgehead atoms. The van der Waals surface area contributed by atoms with E-state index in [9.17, 15) is 8.42 Å². The predicted octanol–water partition coefficient (Wildman–Crippen LogP) is 5.63. The van der Waals surface area contributed by atoms with Crippen LogP contribution in [-0.4, -0.2) is 40.7 Å². The fraction of sp³-hybridized carbons (Fsp3) is 0.440. The van der Waals surface area contributed by atoms with Gasteiger partial charge in [0.2, 0.25) is 18.3 Å². The predicted molar refractivity (Wildman–Crippen MR) is 134 cm³/mol. The quantitative estimate of drug-likeness (QED) is 0.176. The van der Waals surface area contributed by atoms with Crippen molar-refractivity contribution < 1.29 is 12.8 Å². The maximum Gasteiger partial charge on any atom is 0.244 e. The molecule has 0 amide bonds. The van der Waals surface area contributed by atoms with E-state index in [1.54, 1.807) is 24.3 Å². The number of nitrogens with zero attached hydrogens (tertiary/aromatic N) is 1. The molecule has 0 saturated heterocycles. The van der Waals surface area contributed by atoms with Crippen LogP contribution < -0.4 is 0 Å². The summed E-state index contributed by atoms with van der Waals surface area (Å²) < 4.78 is 33.6. The Labute approximate surface area is 190 Å². The SMILES string of the molecule is C#CCN(C/C=C/CO[Si](/C=C/C(=C)C)(C(C)C)C(C)C)S(=O)(=O)c1ccc(C)cc1. The summed E-state index contributed by atoms with van der Waals surface area (Å²) in [7, 11) is -5.81. The number of hydrogen-bond acceptors (Lipinski definition) is 3. The monoisotopic (exact) mass is 459 g/mol. The highest BCUT2D eigenvalue weighted by molar-refractivity contribution is 7.89. The van der Waals surface area contributed by atoms with Gasteiger partial charge in [0.15, 0.2) is 0 Å². The molecule has 0 fully saturated rings. The zero-order chi connectivity index (χ0) is 23.7. The Morgan fingerprint density at radius 2 is 1.77 bits per heavy atom. The summed E-state index contributed by atoms with van der Waals surface area (Å²) in [6, 6.07) is 6.79. The minimum atomic E-state index is -3.65. The van der Waals surface area contributed by atoms with Gasteiger partial charge in [0.05, 0.1) is 18.0 Å². The van der Waals surface area contributed by atoms with E-state index in [1.807, 2.05) is 26.0 Å². The number of terminal acetylenes is 1. The van der Waals surface area contributed by atoms with Gasteiger partial charge in [0.25, 0.3) is 0 Å². The largest absolute Gasteiger partial charge is 0.409 e. The van der Waals surface area contributed by atoms with Crippen LogP contribution in [0.2, 0.25) is 11.1 Å². The van der Waals surface area contributed by atoms with E-state index in [-0.39, 0.29) is 18.0 Å². The molecule has 0 spiro atoms. The average molecular weight is 460 g/mol. The fourth-order valence-corrected chi connectivity index (χ4v) is 8.47. The third-order valence-electron chi connectivity index (χ3n) is 5.26. The minimum absolute atomic E-state index is 0.0133. The maximum atomic E-state index is 12.9. The van der Waals surface area contributed by atoms with Crippen molar-refractivity contribution in [2.45, 2.75) is 57.5 Å². The van der Waals surface area contributed by atoms with Crippen molar-refractivity contribution in [2.75, 3.05) is 19.7 Å². The second-order valence-electron chi connectivity index (χ2n) is 8.44. The van der Waals surface area contributed by atoms with Crippen LogP contribution in [0.5, 0.6) is 0 Å². The Morgan fingerprint density at radius 3 is 2.26 bits per heavy atom. The van der Waals surface area contributed by atoms with Crippen LogP contribution >= 0.6 is 0 Å². The highest BCUT2D eigenvalue weighted by atomic mass is 32.2. The molecule has 0 heterocycles. The molecule has 4 nitrogen and oxygen atoms in total. The third-order valence-corrected chi connectivity index (χ3v) is 12.1. The first-order chi connectivity index (χ1) is 14.5. The second-order valence-corrected chi connectivity index (χ2v) is 15.0. The van der Waals surface area contributed by atoms with Crippen molar-refractivity contribution in [3.8, 4) is 12.3 Å². The standard InChI is InChI=1S/C25H37NO3SSi/c1-9-17-26(30(27,28)25-14-12-24(8)13-15-25)18-10-11-19-29-31(22(4)5,23(6)7)20-16-21(2)3/h1,10-16,20,22-23H,2,17-19H2,3-8H3/b11-10+,20-16+. The third kappa shape index (κ3) is 7.62. The van der Waals surface area contributed by atoms with E-state index in [0.717, 1.165) is 11.1 Å². The first-order valence-electron chi connectivity index (χ1n) is 10.6. The van der Waals surface area contributed by atoms with E-state index in [0.29, 0.717) is 17.7 Å². The second kappa shape index (κ2) is 12.2. The Bertz CT molecular complexity index is 915. The normalized spacial score (nSPS) is 13.0. The van der Waals surface area contributed by atoms with Crippen molar-refractivity contribution >= 4 is 18.3 Å². The van der Waals surface area contributed by atoms with Gasteiger partial charge in [-0.3, -0.25) is 0 Å². The zero-order valence-electron chi connectivity index (χ0n) is 19.8. The zero-order valence-corrected chi connectivity index (χ0v) is 21.6. The van der Waals surface area contributed by atoms with Gasteiger partial charge in [-0.1, -0.05) is 87.4 Å². The number of sulfonamides is 1. The van der Waals surface area contributed by atoms with Gasteiger partial charge in [0, 0.05) is 6.54 Å². The minimum Gasteiger partial charge on any atom is -0.409 e. The van der Waals surface area contributed by atoms with Gasteiger partial charge >= 0.3 is 0 Å². The summed E-state index contributed by atoms with van der Waals surface area (Å²) in [4.78, 5) is 0.244. The molecule has 170 valence electrons. The van der Waals surface area contributed by atoms with Crippen LogP contribution in [0.3, 0.4) is 0 Å². The molecule has 0 atom stereocenters. The van der Waals surface area contributed by atoms with Crippen molar-refractivity contribution in [2.24, 2.45) is 0 Å². The first kappa shape index (κ1) is 27.1. The Balaban J connectivity index is 2.93. The summed E-state index contributed by atoms with van der Waals surface area (Å²) in [5.74, 6) is 2.45. The smallest absolute Gasteiger partial charge is 0.244 e. The number of benzene rings is 1. The molecule has 1 aromatic carbocycles. The van der Waals surface area contributed by atoms with Crippen LogP contribution in [-0.2, 0) is 14.4 Å². The lowest BCUT2D eigenvalue weighted by Crippen LogP contribution is -2.43. The molecule has 6 heteroatoms. The summed E-state index contributed by atoms with van der Waals surface area (Å²) in [5, 5.41) is 0. The molecule has 0 aliphatic heterocycles. The molecule has 0 N–H and O–H groups in total. The summed E-state index contributed by atoms with van der Waals surface area (Å²) in [6.45, 7) is 17.3. The topological polar surface area (TPSA) is 46.6 Å². The van der Waals surface area contributed by atoms with E-state index in [1.165, 1.54) is 4.31 Å². The van der Waals surface area contributed by atoms with Gasteiger partial charge in [-0.25, -0.2) is 8.42 Å². The van der Waals surface area contributed by atoms with Crippen molar-refractivity contribution in [3.63, 3.8) is 0 Å². The molecule has 31 heavy (non-hydrogen) atoms.